The molecule has 19 heavy (non-hydrogen) atoms. The van der Waals surface area contributed by atoms with Gasteiger partial charge in [0.1, 0.15) is 11.9 Å². The molecule has 1 N–H and O–H groups in total. The Hall–Kier alpha value is -2.05. The predicted octanol–water partition coefficient (Wildman–Crippen LogP) is 4.27. The molecule has 0 atom stereocenters. The minimum atomic E-state index is -0.432. The maximum atomic E-state index is 13.0. The van der Waals surface area contributed by atoms with Gasteiger partial charge in [-0.3, -0.25) is 0 Å². The summed E-state index contributed by atoms with van der Waals surface area (Å²) in [5.41, 5.74) is 3.17. The van der Waals surface area contributed by atoms with Crippen LogP contribution >= 0.6 is 11.6 Å². The van der Waals surface area contributed by atoms with E-state index in [0.717, 1.165) is 16.8 Å². The van der Waals surface area contributed by atoms with Crippen LogP contribution < -0.4 is 5.32 Å². The van der Waals surface area contributed by atoms with Crippen molar-refractivity contribution in [1.29, 1.82) is 5.26 Å². The van der Waals surface area contributed by atoms with Crippen LogP contribution in [-0.4, -0.2) is 0 Å². The molecule has 0 aromatic heterocycles. The molecule has 2 rings (SSSR count). The second-order valence-corrected chi connectivity index (χ2v) is 4.62. The molecule has 0 unspecified atom stereocenters. The molecule has 0 amide bonds. The Bertz CT molecular complexity index is 647. The molecule has 0 spiro atoms. The van der Waals surface area contributed by atoms with Crippen LogP contribution in [0.2, 0.25) is 5.02 Å². The molecular weight excluding hydrogens is 263 g/mol. The highest BCUT2D eigenvalue weighted by molar-refractivity contribution is 6.30. The number of nitrogens with one attached hydrogen (secondary N) is 1. The van der Waals surface area contributed by atoms with Crippen molar-refractivity contribution in [1.82, 2.24) is 0 Å². The van der Waals surface area contributed by atoms with Gasteiger partial charge in [-0.25, -0.2) is 4.39 Å². The van der Waals surface area contributed by atoms with Gasteiger partial charge in [0.25, 0.3) is 0 Å². The van der Waals surface area contributed by atoms with Crippen molar-refractivity contribution in [3.05, 3.63) is 63.9 Å². The van der Waals surface area contributed by atoms with Crippen molar-refractivity contribution in [2.45, 2.75) is 13.5 Å². The van der Waals surface area contributed by atoms with E-state index in [1.54, 1.807) is 12.1 Å². The SMILES string of the molecule is Cc1cccc(NCc2ccc(F)c(Cl)c2)c1C#N. The number of hydrogen-bond acceptors (Lipinski definition) is 2. The highest BCUT2D eigenvalue weighted by Crippen LogP contribution is 2.20. The van der Waals surface area contributed by atoms with E-state index in [2.05, 4.69) is 11.4 Å². The van der Waals surface area contributed by atoms with Crippen LogP contribution in [0.25, 0.3) is 0 Å². The quantitative estimate of drug-likeness (QED) is 0.907. The van der Waals surface area contributed by atoms with E-state index >= 15 is 0 Å². The number of nitriles is 1. The van der Waals surface area contributed by atoms with Crippen LogP contribution in [0, 0.1) is 24.1 Å². The van der Waals surface area contributed by atoms with Crippen molar-refractivity contribution in [3.8, 4) is 6.07 Å². The Morgan fingerprint density at radius 1 is 1.32 bits per heavy atom. The van der Waals surface area contributed by atoms with E-state index in [0.29, 0.717) is 12.1 Å². The number of rotatable bonds is 3. The first-order valence-corrected chi connectivity index (χ1v) is 6.17. The van der Waals surface area contributed by atoms with Crippen LogP contribution in [0.1, 0.15) is 16.7 Å². The van der Waals surface area contributed by atoms with Gasteiger partial charge in [-0.05, 0) is 36.2 Å². The monoisotopic (exact) mass is 274 g/mol. The molecule has 0 aliphatic carbocycles. The topological polar surface area (TPSA) is 35.8 Å². The molecule has 0 radical (unpaired) electrons. The minimum Gasteiger partial charge on any atom is -0.380 e. The average molecular weight is 275 g/mol. The second kappa shape index (κ2) is 5.73. The lowest BCUT2D eigenvalue weighted by Gasteiger charge is -2.10. The van der Waals surface area contributed by atoms with E-state index in [9.17, 15) is 4.39 Å². The summed E-state index contributed by atoms with van der Waals surface area (Å²) >= 11 is 5.72. The Labute approximate surface area is 116 Å². The first-order valence-electron chi connectivity index (χ1n) is 5.79. The molecular formula is C15H12ClFN2. The van der Waals surface area contributed by atoms with Crippen LogP contribution in [0.4, 0.5) is 10.1 Å². The molecule has 0 fully saturated rings. The summed E-state index contributed by atoms with van der Waals surface area (Å²) in [7, 11) is 0. The van der Waals surface area contributed by atoms with E-state index in [4.69, 9.17) is 16.9 Å². The first kappa shape index (κ1) is 13.4. The maximum Gasteiger partial charge on any atom is 0.141 e. The fourth-order valence-electron chi connectivity index (χ4n) is 1.81. The maximum absolute atomic E-state index is 13.0. The van der Waals surface area contributed by atoms with Gasteiger partial charge >= 0.3 is 0 Å². The van der Waals surface area contributed by atoms with Gasteiger partial charge in [0.2, 0.25) is 0 Å². The molecule has 4 heteroatoms. The summed E-state index contributed by atoms with van der Waals surface area (Å²) in [6, 6.07) is 12.4. The lowest BCUT2D eigenvalue weighted by Crippen LogP contribution is -2.02. The van der Waals surface area contributed by atoms with Gasteiger partial charge in [0.05, 0.1) is 16.3 Å². The van der Waals surface area contributed by atoms with E-state index in [1.807, 2.05) is 25.1 Å². The highest BCUT2D eigenvalue weighted by atomic mass is 35.5. The molecule has 0 aliphatic rings. The molecule has 0 bridgehead atoms. The third kappa shape index (κ3) is 3.04. The van der Waals surface area contributed by atoms with Gasteiger partial charge in [-0.1, -0.05) is 29.8 Å². The molecule has 0 saturated heterocycles. The summed E-state index contributed by atoms with van der Waals surface area (Å²) in [4.78, 5) is 0. The van der Waals surface area contributed by atoms with Gasteiger partial charge in [0.15, 0.2) is 0 Å². The Kier molecular flexibility index (Phi) is 4.03. The minimum absolute atomic E-state index is 0.101. The number of benzene rings is 2. The highest BCUT2D eigenvalue weighted by Gasteiger charge is 2.05. The lowest BCUT2D eigenvalue weighted by molar-refractivity contribution is 0.627. The van der Waals surface area contributed by atoms with Gasteiger partial charge in [-0.15, -0.1) is 0 Å². The number of aryl methyl sites for hydroxylation is 1. The smallest absolute Gasteiger partial charge is 0.141 e. The van der Waals surface area contributed by atoms with Crippen LogP contribution in [0.15, 0.2) is 36.4 Å². The number of hydrogen-bond donors (Lipinski definition) is 1. The van der Waals surface area contributed by atoms with Crippen molar-refractivity contribution in [3.63, 3.8) is 0 Å². The normalized spacial score (nSPS) is 10.0. The second-order valence-electron chi connectivity index (χ2n) is 4.21. The van der Waals surface area contributed by atoms with Crippen molar-refractivity contribution in [2.24, 2.45) is 0 Å². The molecule has 2 aromatic rings. The number of halogens is 2. The van der Waals surface area contributed by atoms with Gasteiger partial charge < -0.3 is 5.32 Å². The lowest BCUT2D eigenvalue weighted by atomic mass is 10.1. The zero-order valence-electron chi connectivity index (χ0n) is 10.4. The summed E-state index contributed by atoms with van der Waals surface area (Å²) in [5, 5.41) is 12.4. The largest absolute Gasteiger partial charge is 0.380 e. The summed E-state index contributed by atoms with van der Waals surface area (Å²) in [6.07, 6.45) is 0. The Balaban J connectivity index is 2.17. The number of anilines is 1. The third-order valence-corrected chi connectivity index (χ3v) is 3.14. The van der Waals surface area contributed by atoms with Crippen molar-refractivity contribution in [2.75, 3.05) is 5.32 Å². The standard InChI is InChI=1S/C15H12ClFN2/c1-10-3-2-4-15(12(10)8-18)19-9-11-5-6-14(17)13(16)7-11/h2-7,19H,9H2,1H3. The zero-order chi connectivity index (χ0) is 13.8. The molecule has 0 saturated carbocycles. The predicted molar refractivity (Wildman–Crippen MR) is 74.6 cm³/mol. The van der Waals surface area contributed by atoms with Crippen LogP contribution in [0.5, 0.6) is 0 Å². The molecule has 2 nitrogen and oxygen atoms in total. The van der Waals surface area contributed by atoms with Crippen LogP contribution in [0.3, 0.4) is 0 Å². The number of nitrogens with zero attached hydrogens (tertiary/aromatic N) is 1. The summed E-state index contributed by atoms with van der Waals surface area (Å²) < 4.78 is 13.0. The van der Waals surface area contributed by atoms with Crippen molar-refractivity contribution < 1.29 is 4.39 Å². The molecule has 0 aliphatic heterocycles. The van der Waals surface area contributed by atoms with Crippen LogP contribution in [-0.2, 0) is 6.54 Å². The van der Waals surface area contributed by atoms with E-state index in [-0.39, 0.29) is 5.02 Å². The summed E-state index contributed by atoms with van der Waals surface area (Å²) in [5.74, 6) is -0.432. The van der Waals surface area contributed by atoms with Crippen molar-refractivity contribution >= 4 is 17.3 Å². The summed E-state index contributed by atoms with van der Waals surface area (Å²) in [6.45, 7) is 2.37. The fraction of sp³-hybridized carbons (Fsp3) is 0.133. The third-order valence-electron chi connectivity index (χ3n) is 2.85. The molecule has 0 heterocycles. The van der Waals surface area contributed by atoms with E-state index in [1.165, 1.54) is 6.07 Å². The Morgan fingerprint density at radius 3 is 2.79 bits per heavy atom. The average Bonchev–Trinajstić information content (AvgIpc) is 2.40. The molecule has 2 aromatic carbocycles. The van der Waals surface area contributed by atoms with Gasteiger partial charge in [-0.2, -0.15) is 5.26 Å². The first-order chi connectivity index (χ1) is 9.11. The van der Waals surface area contributed by atoms with E-state index < -0.39 is 5.82 Å². The Morgan fingerprint density at radius 2 is 2.11 bits per heavy atom. The zero-order valence-corrected chi connectivity index (χ0v) is 11.1. The fourth-order valence-corrected chi connectivity index (χ4v) is 2.01. The molecule has 96 valence electrons. The van der Waals surface area contributed by atoms with Gasteiger partial charge in [0, 0.05) is 6.54 Å².